The first-order valence-corrected chi connectivity index (χ1v) is 5.25. The summed E-state index contributed by atoms with van der Waals surface area (Å²) in [4.78, 5) is 8.23. The van der Waals surface area contributed by atoms with E-state index < -0.39 is 0 Å². The number of nitrogens with zero attached hydrogens (tertiary/aromatic N) is 3. The van der Waals surface area contributed by atoms with Gasteiger partial charge in [-0.3, -0.25) is 4.98 Å². The summed E-state index contributed by atoms with van der Waals surface area (Å²) in [6.45, 7) is 0.356. The lowest BCUT2D eigenvalue weighted by Crippen LogP contribution is -2.16. The Morgan fingerprint density at radius 2 is 2.41 bits per heavy atom. The number of rotatable bonds is 5. The number of hydrogen-bond donors (Lipinski definition) is 1. The van der Waals surface area contributed by atoms with Gasteiger partial charge < -0.3 is 15.0 Å². The lowest BCUT2D eigenvalue weighted by atomic mass is 10.2. The number of methoxy groups -OCH3 is 1. The van der Waals surface area contributed by atoms with Crippen LogP contribution >= 0.6 is 0 Å². The SMILES string of the molecule is COCC(N)c1nc(Cc2cccnc2)no1. The van der Waals surface area contributed by atoms with Gasteiger partial charge in [-0.1, -0.05) is 11.2 Å². The van der Waals surface area contributed by atoms with E-state index in [1.54, 1.807) is 19.5 Å². The molecule has 6 heteroatoms. The van der Waals surface area contributed by atoms with Gasteiger partial charge in [0, 0.05) is 25.9 Å². The molecule has 0 saturated carbocycles. The molecule has 0 saturated heterocycles. The third-order valence-corrected chi connectivity index (χ3v) is 2.23. The summed E-state index contributed by atoms with van der Waals surface area (Å²) in [5, 5.41) is 3.87. The first-order chi connectivity index (χ1) is 8.29. The molecule has 2 heterocycles. The summed E-state index contributed by atoms with van der Waals surface area (Å²) in [5.74, 6) is 0.991. The Kier molecular flexibility index (Phi) is 3.79. The van der Waals surface area contributed by atoms with Crippen molar-refractivity contribution in [2.24, 2.45) is 5.73 Å². The summed E-state index contributed by atoms with van der Waals surface area (Å²) in [7, 11) is 1.58. The van der Waals surface area contributed by atoms with Gasteiger partial charge in [0.25, 0.3) is 0 Å². The van der Waals surface area contributed by atoms with Crippen LogP contribution in [-0.2, 0) is 11.2 Å². The number of pyridine rings is 1. The standard InChI is InChI=1S/C11H14N4O2/c1-16-7-9(12)11-14-10(15-17-11)5-8-3-2-4-13-6-8/h2-4,6,9H,5,7,12H2,1H3. The van der Waals surface area contributed by atoms with Crippen LogP contribution in [-0.4, -0.2) is 28.8 Å². The van der Waals surface area contributed by atoms with Crippen LogP contribution in [0.25, 0.3) is 0 Å². The van der Waals surface area contributed by atoms with E-state index in [2.05, 4.69) is 15.1 Å². The second-order valence-corrected chi connectivity index (χ2v) is 3.65. The van der Waals surface area contributed by atoms with Crippen LogP contribution < -0.4 is 5.73 Å². The van der Waals surface area contributed by atoms with Crippen LogP contribution in [0, 0.1) is 0 Å². The maximum atomic E-state index is 5.78. The van der Waals surface area contributed by atoms with Gasteiger partial charge in [0.1, 0.15) is 6.04 Å². The maximum Gasteiger partial charge on any atom is 0.245 e. The highest BCUT2D eigenvalue weighted by molar-refractivity contribution is 5.13. The predicted molar refractivity (Wildman–Crippen MR) is 60.1 cm³/mol. The van der Waals surface area contributed by atoms with E-state index in [-0.39, 0.29) is 6.04 Å². The smallest absolute Gasteiger partial charge is 0.245 e. The van der Waals surface area contributed by atoms with Crippen molar-refractivity contribution in [2.45, 2.75) is 12.5 Å². The molecular formula is C11H14N4O2. The molecule has 0 radical (unpaired) electrons. The fourth-order valence-corrected chi connectivity index (χ4v) is 1.43. The monoisotopic (exact) mass is 234 g/mol. The molecule has 0 fully saturated rings. The average Bonchev–Trinajstić information content (AvgIpc) is 2.79. The molecule has 0 aromatic carbocycles. The minimum atomic E-state index is -0.379. The Balaban J connectivity index is 2.04. The fourth-order valence-electron chi connectivity index (χ4n) is 1.43. The van der Waals surface area contributed by atoms with Crippen molar-refractivity contribution in [2.75, 3.05) is 13.7 Å². The zero-order chi connectivity index (χ0) is 12.1. The zero-order valence-electron chi connectivity index (χ0n) is 9.54. The minimum absolute atomic E-state index is 0.356. The van der Waals surface area contributed by atoms with Crippen LogP contribution in [0.2, 0.25) is 0 Å². The highest BCUT2D eigenvalue weighted by Gasteiger charge is 2.14. The van der Waals surface area contributed by atoms with E-state index in [1.165, 1.54) is 0 Å². The molecule has 0 amide bonds. The van der Waals surface area contributed by atoms with Gasteiger partial charge in [-0.25, -0.2) is 0 Å². The summed E-state index contributed by atoms with van der Waals surface area (Å²) in [5.41, 5.74) is 6.81. The van der Waals surface area contributed by atoms with E-state index in [0.29, 0.717) is 24.7 Å². The van der Waals surface area contributed by atoms with Crippen molar-refractivity contribution in [1.82, 2.24) is 15.1 Å². The van der Waals surface area contributed by atoms with Crippen LogP contribution in [0.4, 0.5) is 0 Å². The van der Waals surface area contributed by atoms with Crippen molar-refractivity contribution in [1.29, 1.82) is 0 Å². The molecule has 1 atom stereocenters. The molecular weight excluding hydrogens is 220 g/mol. The van der Waals surface area contributed by atoms with Gasteiger partial charge in [-0.2, -0.15) is 4.98 Å². The first-order valence-electron chi connectivity index (χ1n) is 5.25. The maximum absolute atomic E-state index is 5.78. The van der Waals surface area contributed by atoms with Crippen LogP contribution in [0.5, 0.6) is 0 Å². The Bertz CT molecular complexity index is 458. The van der Waals surface area contributed by atoms with Crippen molar-refractivity contribution in [3.05, 3.63) is 41.8 Å². The summed E-state index contributed by atoms with van der Waals surface area (Å²) in [6, 6.07) is 3.45. The summed E-state index contributed by atoms with van der Waals surface area (Å²) < 4.78 is 9.99. The first kappa shape index (κ1) is 11.7. The quantitative estimate of drug-likeness (QED) is 0.819. The van der Waals surface area contributed by atoms with Crippen molar-refractivity contribution in [3.8, 4) is 0 Å². The zero-order valence-corrected chi connectivity index (χ0v) is 9.54. The van der Waals surface area contributed by atoms with Crippen LogP contribution in [0.15, 0.2) is 29.0 Å². The second-order valence-electron chi connectivity index (χ2n) is 3.65. The molecule has 1 unspecified atom stereocenters. The van der Waals surface area contributed by atoms with Gasteiger partial charge in [-0.05, 0) is 11.6 Å². The highest BCUT2D eigenvalue weighted by Crippen LogP contribution is 2.10. The molecule has 0 aliphatic rings. The summed E-state index contributed by atoms with van der Waals surface area (Å²) in [6.07, 6.45) is 4.07. The minimum Gasteiger partial charge on any atom is -0.383 e. The second kappa shape index (κ2) is 5.51. The molecule has 6 nitrogen and oxygen atoms in total. The van der Waals surface area contributed by atoms with Crippen LogP contribution in [0.1, 0.15) is 23.3 Å². The van der Waals surface area contributed by atoms with Gasteiger partial charge >= 0.3 is 0 Å². The highest BCUT2D eigenvalue weighted by atomic mass is 16.5. The van der Waals surface area contributed by atoms with E-state index in [0.717, 1.165) is 5.56 Å². The van der Waals surface area contributed by atoms with Crippen molar-refractivity contribution >= 4 is 0 Å². The molecule has 2 aromatic rings. The third kappa shape index (κ3) is 3.08. The Morgan fingerprint density at radius 1 is 1.53 bits per heavy atom. The molecule has 2 rings (SSSR count). The summed E-state index contributed by atoms with van der Waals surface area (Å²) >= 11 is 0. The van der Waals surface area contributed by atoms with Gasteiger partial charge in [0.05, 0.1) is 6.61 Å². The normalized spacial score (nSPS) is 12.6. The molecule has 0 aliphatic carbocycles. The molecule has 90 valence electrons. The Hall–Kier alpha value is -1.79. The van der Waals surface area contributed by atoms with Gasteiger partial charge in [-0.15, -0.1) is 0 Å². The third-order valence-electron chi connectivity index (χ3n) is 2.23. The lowest BCUT2D eigenvalue weighted by molar-refractivity contribution is 0.166. The predicted octanol–water partition coefficient (Wildman–Crippen LogP) is 0.702. The van der Waals surface area contributed by atoms with E-state index in [9.17, 15) is 0 Å². The Labute approximate surface area is 98.8 Å². The van der Waals surface area contributed by atoms with Gasteiger partial charge in [0.2, 0.25) is 5.89 Å². The molecule has 2 N–H and O–H groups in total. The molecule has 17 heavy (non-hydrogen) atoms. The Morgan fingerprint density at radius 3 is 3.12 bits per heavy atom. The van der Waals surface area contributed by atoms with Crippen molar-refractivity contribution < 1.29 is 9.26 Å². The lowest BCUT2D eigenvalue weighted by Gasteiger charge is -2.02. The average molecular weight is 234 g/mol. The molecule has 0 bridgehead atoms. The number of nitrogens with two attached hydrogens (primary N) is 1. The van der Waals surface area contributed by atoms with Crippen molar-refractivity contribution in [3.63, 3.8) is 0 Å². The molecule has 0 aliphatic heterocycles. The molecule has 0 spiro atoms. The van der Waals surface area contributed by atoms with Crippen LogP contribution in [0.3, 0.4) is 0 Å². The fraction of sp³-hybridized carbons (Fsp3) is 0.364. The number of ether oxygens (including phenoxy) is 1. The molecule has 2 aromatic heterocycles. The topological polar surface area (TPSA) is 87.1 Å². The largest absolute Gasteiger partial charge is 0.383 e. The van der Waals surface area contributed by atoms with E-state index in [1.807, 2.05) is 12.1 Å². The van der Waals surface area contributed by atoms with E-state index >= 15 is 0 Å². The van der Waals surface area contributed by atoms with Gasteiger partial charge in [0.15, 0.2) is 5.82 Å². The number of aromatic nitrogens is 3. The number of hydrogen-bond acceptors (Lipinski definition) is 6. The van der Waals surface area contributed by atoms with E-state index in [4.69, 9.17) is 15.0 Å².